The van der Waals surface area contributed by atoms with Gasteiger partial charge in [-0.15, -0.1) is 0 Å². The van der Waals surface area contributed by atoms with Crippen molar-refractivity contribution in [3.63, 3.8) is 0 Å². The van der Waals surface area contributed by atoms with Crippen LogP contribution in [0.25, 0.3) is 16.4 Å². The van der Waals surface area contributed by atoms with Crippen molar-refractivity contribution in [3.8, 4) is 11.8 Å². The molecule has 2 heterocycles. The van der Waals surface area contributed by atoms with Crippen LogP contribution in [0.4, 0.5) is 0 Å². The Bertz CT molecular complexity index is 974. The van der Waals surface area contributed by atoms with Gasteiger partial charge in [0.15, 0.2) is 6.61 Å². The first-order chi connectivity index (χ1) is 11.9. The van der Waals surface area contributed by atoms with Crippen LogP contribution in [0.3, 0.4) is 0 Å². The van der Waals surface area contributed by atoms with Crippen LogP contribution < -0.4 is 4.74 Å². The molecule has 0 unspecified atom stereocenters. The number of rotatable bonds is 4. The smallest absolute Gasteiger partial charge is 0.340 e. The van der Waals surface area contributed by atoms with Gasteiger partial charge in [-0.3, -0.25) is 0 Å². The van der Waals surface area contributed by atoms with Crippen molar-refractivity contribution >= 4 is 22.4 Å². The third-order valence-electron chi connectivity index (χ3n) is 3.76. The number of ether oxygens (including phenoxy) is 2. The number of hydrogen-bond acceptors (Lipinski definition) is 4. The topological polar surface area (TPSA) is 63.7 Å². The van der Waals surface area contributed by atoms with Gasteiger partial charge in [0.2, 0.25) is 0 Å². The predicted octanol–water partition coefficient (Wildman–Crippen LogP) is 4.20. The van der Waals surface area contributed by atoms with Crippen molar-refractivity contribution in [2.45, 2.75) is 20.8 Å². The molecule has 0 radical (unpaired) electrons. The molecule has 5 nitrogen and oxygen atoms in total. The highest BCUT2D eigenvalue weighted by Gasteiger charge is 2.22. The molecule has 3 rings (SSSR count). The maximum atomic E-state index is 12.7. The monoisotopic (exact) mass is 336 g/mol. The Kier molecular flexibility index (Phi) is 4.37. The first-order valence-electron chi connectivity index (χ1n) is 8.10. The minimum atomic E-state index is -0.334. The Morgan fingerprint density at radius 3 is 2.72 bits per heavy atom. The first-order valence-corrected chi connectivity index (χ1v) is 8.10. The van der Waals surface area contributed by atoms with Gasteiger partial charge >= 0.3 is 5.97 Å². The number of hydrogen-bond donors (Lipinski definition) is 0. The molecule has 3 aromatic rings. The Labute approximate surface area is 146 Å². The highest BCUT2D eigenvalue weighted by Crippen LogP contribution is 2.30. The molecule has 128 valence electrons. The van der Waals surface area contributed by atoms with Crippen LogP contribution in [0, 0.1) is 16.7 Å². The second-order valence-corrected chi connectivity index (χ2v) is 7.09. The molecule has 0 aliphatic rings. The maximum Gasteiger partial charge on any atom is 0.340 e. The van der Waals surface area contributed by atoms with Gasteiger partial charge in [-0.05, 0) is 29.7 Å². The molecule has 5 heteroatoms. The van der Waals surface area contributed by atoms with E-state index in [-0.39, 0.29) is 18.0 Å². The van der Waals surface area contributed by atoms with Gasteiger partial charge < -0.3 is 13.9 Å². The number of esters is 1. The van der Waals surface area contributed by atoms with E-state index < -0.39 is 0 Å². The lowest BCUT2D eigenvalue weighted by Gasteiger charge is -2.17. The van der Waals surface area contributed by atoms with Gasteiger partial charge in [-0.25, -0.2) is 4.79 Å². The summed E-state index contributed by atoms with van der Waals surface area (Å²) in [5.74, 6) is 0.256. The maximum absolute atomic E-state index is 12.7. The fourth-order valence-electron chi connectivity index (χ4n) is 2.69. The summed E-state index contributed by atoms with van der Waals surface area (Å²) in [6, 6.07) is 13.1. The molecule has 0 aliphatic carbocycles. The molecule has 0 N–H and O–H groups in total. The summed E-state index contributed by atoms with van der Waals surface area (Å²) in [5, 5.41) is 9.47. The largest absolute Gasteiger partial charge is 0.479 e. The quantitative estimate of drug-likeness (QED) is 0.670. The SMILES string of the molecule is CC(C)(C)COC(=O)c1c2ccc(OCC#N)cc2n2ccccc12. The van der Waals surface area contributed by atoms with E-state index in [1.54, 1.807) is 6.07 Å². The van der Waals surface area contributed by atoms with Crippen molar-refractivity contribution in [1.82, 2.24) is 4.40 Å². The van der Waals surface area contributed by atoms with Crippen molar-refractivity contribution in [2.75, 3.05) is 13.2 Å². The van der Waals surface area contributed by atoms with Gasteiger partial charge in [0.25, 0.3) is 0 Å². The summed E-state index contributed by atoms with van der Waals surface area (Å²) in [6.07, 6.45) is 1.90. The summed E-state index contributed by atoms with van der Waals surface area (Å²) < 4.78 is 12.9. The number of pyridine rings is 1. The van der Waals surface area contributed by atoms with Gasteiger partial charge in [-0.1, -0.05) is 26.8 Å². The fraction of sp³-hybridized carbons (Fsp3) is 0.300. The van der Waals surface area contributed by atoms with Gasteiger partial charge in [-0.2, -0.15) is 5.26 Å². The Morgan fingerprint density at radius 1 is 1.20 bits per heavy atom. The van der Waals surface area contributed by atoms with E-state index in [2.05, 4.69) is 0 Å². The highest BCUT2D eigenvalue weighted by atomic mass is 16.5. The molecule has 0 aliphatic heterocycles. The highest BCUT2D eigenvalue weighted by molar-refractivity contribution is 6.11. The molecule has 1 aromatic carbocycles. The van der Waals surface area contributed by atoms with Crippen molar-refractivity contribution in [3.05, 3.63) is 48.2 Å². The van der Waals surface area contributed by atoms with Crippen molar-refractivity contribution in [1.29, 1.82) is 5.26 Å². The minimum absolute atomic E-state index is 0.0186. The molecule has 0 saturated heterocycles. The Hall–Kier alpha value is -3.00. The number of benzene rings is 1. The van der Waals surface area contributed by atoms with Crippen LogP contribution in [0.15, 0.2) is 42.6 Å². The number of aromatic nitrogens is 1. The zero-order chi connectivity index (χ0) is 18.0. The third-order valence-corrected chi connectivity index (χ3v) is 3.76. The lowest BCUT2D eigenvalue weighted by atomic mass is 9.99. The lowest BCUT2D eigenvalue weighted by molar-refractivity contribution is 0.0371. The average molecular weight is 336 g/mol. The van der Waals surface area contributed by atoms with E-state index in [0.717, 1.165) is 16.4 Å². The third kappa shape index (κ3) is 3.43. The number of nitriles is 1. The Balaban J connectivity index is 2.10. The molecule has 0 fully saturated rings. The molecule has 25 heavy (non-hydrogen) atoms. The zero-order valence-corrected chi connectivity index (χ0v) is 14.6. The van der Waals surface area contributed by atoms with Crippen LogP contribution in [-0.2, 0) is 4.74 Å². The normalized spacial score (nSPS) is 11.4. The summed E-state index contributed by atoms with van der Waals surface area (Å²) >= 11 is 0. The standard InChI is InChI=1S/C20H20N2O3/c1-20(2,3)13-25-19(23)18-15-8-7-14(24-11-9-21)12-17(15)22-10-5-4-6-16(18)22/h4-8,10,12H,11,13H2,1-3H3. The van der Waals surface area contributed by atoms with Crippen LogP contribution in [0.5, 0.6) is 5.75 Å². The van der Waals surface area contributed by atoms with Crippen LogP contribution in [0.1, 0.15) is 31.1 Å². The summed E-state index contributed by atoms with van der Waals surface area (Å²) in [7, 11) is 0. The van der Waals surface area contributed by atoms with Crippen molar-refractivity contribution < 1.29 is 14.3 Å². The molecule has 0 saturated carbocycles. The first kappa shape index (κ1) is 16.8. The van der Waals surface area contributed by atoms with Gasteiger partial charge in [0, 0.05) is 17.6 Å². The van der Waals surface area contributed by atoms with E-state index in [9.17, 15) is 4.79 Å². The second kappa shape index (κ2) is 6.48. The van der Waals surface area contributed by atoms with Crippen LogP contribution in [-0.4, -0.2) is 23.6 Å². The summed E-state index contributed by atoms with van der Waals surface area (Å²) in [5.41, 5.74) is 2.08. The van der Waals surface area contributed by atoms with Crippen LogP contribution in [0.2, 0.25) is 0 Å². The molecule has 0 bridgehead atoms. The van der Waals surface area contributed by atoms with Crippen molar-refractivity contribution in [2.24, 2.45) is 5.41 Å². The molecule has 2 aromatic heterocycles. The summed E-state index contributed by atoms with van der Waals surface area (Å²) in [4.78, 5) is 12.7. The second-order valence-electron chi connectivity index (χ2n) is 7.09. The molecule has 0 spiro atoms. The van der Waals surface area contributed by atoms with E-state index in [0.29, 0.717) is 17.9 Å². The van der Waals surface area contributed by atoms with E-state index >= 15 is 0 Å². The molecular weight excluding hydrogens is 316 g/mol. The predicted molar refractivity (Wildman–Crippen MR) is 95.7 cm³/mol. The summed E-state index contributed by atoms with van der Waals surface area (Å²) in [6.45, 7) is 6.40. The minimum Gasteiger partial charge on any atom is -0.479 e. The van der Waals surface area contributed by atoms with Gasteiger partial charge in [0.05, 0.1) is 23.2 Å². The molecular formula is C20H20N2O3. The number of fused-ring (bicyclic) bond motifs is 3. The van der Waals surface area contributed by atoms with E-state index in [1.165, 1.54) is 0 Å². The molecule has 0 atom stereocenters. The Morgan fingerprint density at radius 2 is 2.00 bits per heavy atom. The van der Waals surface area contributed by atoms with Gasteiger partial charge in [0.1, 0.15) is 11.8 Å². The number of carbonyl (C=O) groups is 1. The van der Waals surface area contributed by atoms with E-state index in [1.807, 2.05) is 67.8 Å². The number of nitrogens with zero attached hydrogens (tertiary/aromatic N) is 2. The average Bonchev–Trinajstić information content (AvgIpc) is 2.91. The van der Waals surface area contributed by atoms with E-state index in [4.69, 9.17) is 14.7 Å². The van der Waals surface area contributed by atoms with Crippen LogP contribution >= 0.6 is 0 Å². The number of carbonyl (C=O) groups excluding carboxylic acids is 1. The molecule has 0 amide bonds. The fourth-order valence-corrected chi connectivity index (χ4v) is 2.69. The lowest BCUT2D eigenvalue weighted by Crippen LogP contribution is -2.18. The zero-order valence-electron chi connectivity index (χ0n) is 14.6.